The second-order valence-corrected chi connectivity index (χ2v) is 6.08. The molecule has 0 aromatic carbocycles. The maximum Gasteiger partial charge on any atom is 0.227 e. The molecule has 7 nitrogen and oxygen atoms in total. The van der Waals surface area contributed by atoms with Gasteiger partial charge in [0.15, 0.2) is 5.82 Å². The summed E-state index contributed by atoms with van der Waals surface area (Å²) in [7, 11) is 0. The van der Waals surface area contributed by atoms with Gasteiger partial charge >= 0.3 is 0 Å². The van der Waals surface area contributed by atoms with Crippen molar-refractivity contribution < 1.29 is 4.79 Å². The summed E-state index contributed by atoms with van der Waals surface area (Å²) in [6.07, 6.45) is 4.53. The van der Waals surface area contributed by atoms with E-state index in [-0.39, 0.29) is 5.91 Å². The second-order valence-electron chi connectivity index (χ2n) is 6.08. The number of nitrogens with one attached hydrogen (secondary N) is 2. The summed E-state index contributed by atoms with van der Waals surface area (Å²) in [6, 6.07) is 11.2. The van der Waals surface area contributed by atoms with E-state index in [1.165, 1.54) is 0 Å². The first-order chi connectivity index (χ1) is 13.1. The Kier molecular flexibility index (Phi) is 6.04. The van der Waals surface area contributed by atoms with E-state index in [1.54, 1.807) is 18.5 Å². The van der Waals surface area contributed by atoms with Crippen LogP contribution >= 0.6 is 0 Å². The molecule has 0 radical (unpaired) electrons. The summed E-state index contributed by atoms with van der Waals surface area (Å²) in [5, 5.41) is 5.98. The Bertz CT molecular complexity index is 896. The smallest absolute Gasteiger partial charge is 0.227 e. The van der Waals surface area contributed by atoms with E-state index >= 15 is 0 Å². The lowest BCUT2D eigenvalue weighted by Crippen LogP contribution is -2.17. The van der Waals surface area contributed by atoms with Crippen molar-refractivity contribution in [2.45, 2.75) is 26.7 Å². The van der Waals surface area contributed by atoms with Crippen LogP contribution in [-0.2, 0) is 11.2 Å². The van der Waals surface area contributed by atoms with Gasteiger partial charge in [0.1, 0.15) is 17.3 Å². The minimum absolute atomic E-state index is 0.103. The SMILES string of the molecule is CCc1cc(NCCC(=O)Nc2ccc(C)cn2)nc(-c2ccccn2)n1. The molecule has 3 aromatic rings. The number of aryl methyl sites for hydroxylation is 2. The molecule has 3 aromatic heterocycles. The second kappa shape index (κ2) is 8.84. The molecule has 3 heterocycles. The summed E-state index contributed by atoms with van der Waals surface area (Å²) >= 11 is 0. The molecule has 0 fully saturated rings. The molecule has 0 aliphatic heterocycles. The van der Waals surface area contributed by atoms with Gasteiger partial charge in [0.2, 0.25) is 5.91 Å². The molecular formula is C20H22N6O. The Morgan fingerprint density at radius 1 is 1.07 bits per heavy atom. The molecule has 7 heteroatoms. The van der Waals surface area contributed by atoms with Gasteiger partial charge in [-0.2, -0.15) is 0 Å². The van der Waals surface area contributed by atoms with Crippen molar-refractivity contribution in [3.63, 3.8) is 0 Å². The molecular weight excluding hydrogens is 340 g/mol. The molecule has 27 heavy (non-hydrogen) atoms. The van der Waals surface area contributed by atoms with Crippen molar-refractivity contribution >= 4 is 17.5 Å². The zero-order valence-corrected chi connectivity index (χ0v) is 15.4. The number of aromatic nitrogens is 4. The largest absolute Gasteiger partial charge is 0.369 e. The first-order valence-corrected chi connectivity index (χ1v) is 8.90. The van der Waals surface area contributed by atoms with Crippen molar-refractivity contribution in [3.05, 3.63) is 60.0 Å². The highest BCUT2D eigenvalue weighted by Gasteiger charge is 2.08. The number of carbonyl (C=O) groups is 1. The Labute approximate surface area is 158 Å². The zero-order valence-electron chi connectivity index (χ0n) is 15.4. The van der Waals surface area contributed by atoms with Crippen molar-refractivity contribution in [2.75, 3.05) is 17.2 Å². The number of rotatable bonds is 7. The predicted molar refractivity (Wildman–Crippen MR) is 105 cm³/mol. The highest BCUT2D eigenvalue weighted by molar-refractivity contribution is 5.90. The number of nitrogens with zero attached hydrogens (tertiary/aromatic N) is 4. The Morgan fingerprint density at radius 2 is 1.96 bits per heavy atom. The van der Waals surface area contributed by atoms with Crippen molar-refractivity contribution in [1.29, 1.82) is 0 Å². The molecule has 0 bridgehead atoms. The number of pyridine rings is 2. The third kappa shape index (κ3) is 5.31. The Hall–Kier alpha value is -3.35. The number of hydrogen-bond donors (Lipinski definition) is 2. The number of anilines is 2. The van der Waals surface area contributed by atoms with Gasteiger partial charge < -0.3 is 10.6 Å². The van der Waals surface area contributed by atoms with Crippen molar-refractivity contribution in [3.8, 4) is 11.5 Å². The predicted octanol–water partition coefficient (Wildman–Crippen LogP) is 3.25. The van der Waals surface area contributed by atoms with Gasteiger partial charge in [0, 0.05) is 37.1 Å². The van der Waals surface area contributed by atoms with Crippen molar-refractivity contribution in [1.82, 2.24) is 19.9 Å². The van der Waals surface area contributed by atoms with Gasteiger partial charge in [0.25, 0.3) is 0 Å². The molecule has 2 N–H and O–H groups in total. The molecule has 0 unspecified atom stereocenters. The molecule has 0 spiro atoms. The zero-order chi connectivity index (χ0) is 19.1. The molecule has 138 valence electrons. The molecule has 0 saturated heterocycles. The highest BCUT2D eigenvalue weighted by atomic mass is 16.1. The van der Waals surface area contributed by atoms with E-state index in [0.717, 1.165) is 23.4 Å². The van der Waals surface area contributed by atoms with Crippen LogP contribution in [0.15, 0.2) is 48.8 Å². The van der Waals surface area contributed by atoms with E-state index in [1.807, 2.05) is 44.2 Å². The first kappa shape index (κ1) is 18.4. The summed E-state index contributed by atoms with van der Waals surface area (Å²) in [6.45, 7) is 4.45. The lowest BCUT2D eigenvalue weighted by molar-refractivity contribution is -0.116. The van der Waals surface area contributed by atoms with Crippen molar-refractivity contribution in [2.24, 2.45) is 0 Å². The Morgan fingerprint density at radius 3 is 2.67 bits per heavy atom. The highest BCUT2D eigenvalue weighted by Crippen LogP contribution is 2.16. The molecule has 0 atom stereocenters. The monoisotopic (exact) mass is 362 g/mol. The lowest BCUT2D eigenvalue weighted by Gasteiger charge is -2.09. The van der Waals surface area contributed by atoms with Gasteiger partial charge in [0.05, 0.1) is 0 Å². The van der Waals surface area contributed by atoms with Crippen LogP contribution in [-0.4, -0.2) is 32.4 Å². The van der Waals surface area contributed by atoms with Gasteiger partial charge in [-0.25, -0.2) is 15.0 Å². The number of hydrogen-bond acceptors (Lipinski definition) is 6. The molecule has 0 saturated carbocycles. The van der Waals surface area contributed by atoms with Crippen LogP contribution in [0.3, 0.4) is 0 Å². The minimum atomic E-state index is -0.103. The third-order valence-corrected chi connectivity index (χ3v) is 3.87. The van der Waals surface area contributed by atoms with Gasteiger partial charge in [-0.1, -0.05) is 19.1 Å². The fourth-order valence-electron chi connectivity index (χ4n) is 2.43. The van der Waals surface area contributed by atoms with E-state index < -0.39 is 0 Å². The quantitative estimate of drug-likeness (QED) is 0.670. The summed E-state index contributed by atoms with van der Waals surface area (Å²) < 4.78 is 0. The normalized spacial score (nSPS) is 10.4. The molecule has 1 amide bonds. The number of carbonyl (C=O) groups excluding carboxylic acids is 1. The Balaban J connectivity index is 1.60. The van der Waals surface area contributed by atoms with Crippen LogP contribution in [0.2, 0.25) is 0 Å². The third-order valence-electron chi connectivity index (χ3n) is 3.87. The summed E-state index contributed by atoms with van der Waals surface area (Å²) in [5.41, 5.74) is 2.69. The maximum atomic E-state index is 12.1. The van der Waals surface area contributed by atoms with Gasteiger partial charge in [-0.15, -0.1) is 0 Å². The number of amides is 1. The topological polar surface area (TPSA) is 92.7 Å². The van der Waals surface area contributed by atoms with Gasteiger partial charge in [-0.05, 0) is 37.1 Å². The van der Waals surface area contributed by atoms with E-state index in [2.05, 4.69) is 30.6 Å². The van der Waals surface area contributed by atoms with Gasteiger partial charge in [-0.3, -0.25) is 9.78 Å². The molecule has 3 rings (SSSR count). The molecule has 0 aliphatic carbocycles. The maximum absolute atomic E-state index is 12.1. The standard InChI is InChI=1S/C20H22N6O/c1-3-15-12-18(26-20(24-15)16-6-4-5-10-21-16)22-11-9-19(27)25-17-8-7-14(2)13-23-17/h4-8,10,12-13H,3,9,11H2,1-2H3,(H,22,24,26)(H,23,25,27). The minimum Gasteiger partial charge on any atom is -0.369 e. The fraction of sp³-hybridized carbons (Fsp3) is 0.250. The van der Waals surface area contributed by atoms with E-state index in [0.29, 0.717) is 30.4 Å². The van der Waals surface area contributed by atoms with Crippen LogP contribution in [0, 0.1) is 6.92 Å². The summed E-state index contributed by atoms with van der Waals surface area (Å²) in [5.74, 6) is 1.71. The first-order valence-electron chi connectivity index (χ1n) is 8.90. The van der Waals surface area contributed by atoms with Crippen LogP contribution in [0.5, 0.6) is 0 Å². The van der Waals surface area contributed by atoms with Crippen LogP contribution in [0.1, 0.15) is 24.6 Å². The van der Waals surface area contributed by atoms with Crippen LogP contribution in [0.25, 0.3) is 11.5 Å². The fourth-order valence-corrected chi connectivity index (χ4v) is 2.43. The summed E-state index contributed by atoms with van der Waals surface area (Å²) in [4.78, 5) is 29.6. The lowest BCUT2D eigenvalue weighted by atomic mass is 10.2. The molecule has 0 aliphatic rings. The average molecular weight is 362 g/mol. The average Bonchev–Trinajstić information content (AvgIpc) is 2.70. The van der Waals surface area contributed by atoms with Crippen LogP contribution < -0.4 is 10.6 Å². The van der Waals surface area contributed by atoms with Crippen LogP contribution in [0.4, 0.5) is 11.6 Å². The van der Waals surface area contributed by atoms with E-state index in [4.69, 9.17) is 0 Å². The van der Waals surface area contributed by atoms with E-state index in [9.17, 15) is 4.79 Å².